The number of hydrogen-bond acceptors (Lipinski definition) is 4. The van der Waals surface area contributed by atoms with Gasteiger partial charge in [-0.2, -0.15) is 0 Å². The molecule has 0 aromatic rings. The number of nitrogens with two attached hydrogens (primary N) is 1. The van der Waals surface area contributed by atoms with Gasteiger partial charge >= 0.3 is 5.97 Å². The number of carboxylic acid groups (broad SMARTS) is 1. The van der Waals surface area contributed by atoms with Crippen LogP contribution in [0, 0.1) is 5.92 Å². The second-order valence-electron chi connectivity index (χ2n) is 4.04. The molecule has 0 aliphatic carbocycles. The zero-order valence-electron chi connectivity index (χ0n) is 8.39. The maximum Gasteiger partial charge on any atom is 0.321 e. The number of carboxylic acids is 1. The molecule has 1 saturated heterocycles. The molecule has 0 radical (unpaired) electrons. The van der Waals surface area contributed by atoms with Gasteiger partial charge in [0.2, 0.25) is 0 Å². The molecule has 3 unspecified atom stereocenters. The van der Waals surface area contributed by atoms with E-state index in [0.29, 0.717) is 13.0 Å². The van der Waals surface area contributed by atoms with E-state index in [-0.39, 0.29) is 12.0 Å². The number of nitrogens with zero attached hydrogens (tertiary/aromatic N) is 1. The lowest BCUT2D eigenvalue weighted by atomic mass is 9.96. The lowest BCUT2D eigenvalue weighted by Gasteiger charge is -2.34. The maximum atomic E-state index is 10.5. The third-order valence-electron chi connectivity index (χ3n) is 2.72. The van der Waals surface area contributed by atoms with E-state index in [1.165, 1.54) is 0 Å². The van der Waals surface area contributed by atoms with Crippen molar-refractivity contribution in [1.82, 2.24) is 4.90 Å². The minimum atomic E-state index is -0.969. The molecule has 1 aliphatic heterocycles. The highest BCUT2D eigenvalue weighted by molar-refractivity contribution is 5.73. The van der Waals surface area contributed by atoms with Crippen LogP contribution < -0.4 is 5.73 Å². The maximum absolute atomic E-state index is 10.5. The normalized spacial score (nSPS) is 31.4. The number of rotatable bonds is 3. The zero-order chi connectivity index (χ0) is 10.7. The number of hydrogen-bond donors (Lipinski definition) is 3. The number of aliphatic carboxylic acids is 1. The fraction of sp³-hybridized carbons (Fsp3) is 0.889. The van der Waals surface area contributed by atoms with Crippen LogP contribution in [-0.2, 0) is 4.79 Å². The van der Waals surface area contributed by atoms with Gasteiger partial charge in [-0.15, -0.1) is 0 Å². The first-order chi connectivity index (χ1) is 6.50. The summed E-state index contributed by atoms with van der Waals surface area (Å²) < 4.78 is 0. The first-order valence-electron chi connectivity index (χ1n) is 4.89. The number of carbonyl (C=O) groups is 1. The van der Waals surface area contributed by atoms with Gasteiger partial charge in [0.25, 0.3) is 0 Å². The quantitative estimate of drug-likeness (QED) is 0.552. The fourth-order valence-electron chi connectivity index (χ4n) is 1.74. The summed E-state index contributed by atoms with van der Waals surface area (Å²) in [5, 5.41) is 18.1. The Morgan fingerprint density at radius 1 is 1.71 bits per heavy atom. The van der Waals surface area contributed by atoms with E-state index in [1.807, 2.05) is 11.8 Å². The van der Waals surface area contributed by atoms with Crippen molar-refractivity contribution in [1.29, 1.82) is 0 Å². The lowest BCUT2D eigenvalue weighted by molar-refractivity contribution is -0.139. The van der Waals surface area contributed by atoms with Crippen LogP contribution in [0.25, 0.3) is 0 Å². The van der Waals surface area contributed by atoms with Crippen LogP contribution in [0.1, 0.15) is 13.3 Å². The molecule has 1 fully saturated rings. The average Bonchev–Trinajstić information content (AvgIpc) is 2.11. The van der Waals surface area contributed by atoms with Gasteiger partial charge in [0, 0.05) is 19.6 Å². The molecule has 3 atom stereocenters. The highest BCUT2D eigenvalue weighted by Gasteiger charge is 2.26. The Morgan fingerprint density at radius 2 is 2.36 bits per heavy atom. The second-order valence-corrected chi connectivity index (χ2v) is 4.04. The molecule has 5 heteroatoms. The third-order valence-corrected chi connectivity index (χ3v) is 2.72. The monoisotopic (exact) mass is 202 g/mol. The summed E-state index contributed by atoms with van der Waals surface area (Å²) in [5.41, 5.74) is 5.42. The van der Waals surface area contributed by atoms with Crippen molar-refractivity contribution in [3.05, 3.63) is 0 Å². The van der Waals surface area contributed by atoms with Gasteiger partial charge in [-0.25, -0.2) is 0 Å². The van der Waals surface area contributed by atoms with E-state index >= 15 is 0 Å². The largest absolute Gasteiger partial charge is 0.480 e. The molecule has 0 spiro atoms. The Labute approximate surface area is 83.5 Å². The van der Waals surface area contributed by atoms with Gasteiger partial charge in [-0.3, -0.25) is 4.79 Å². The van der Waals surface area contributed by atoms with Gasteiger partial charge in [0.1, 0.15) is 6.04 Å². The SMILES string of the molecule is CC1CN(CC(N)C(=O)O)CCC1O. The van der Waals surface area contributed by atoms with Gasteiger partial charge in [-0.05, 0) is 12.3 Å². The highest BCUT2D eigenvalue weighted by Crippen LogP contribution is 2.16. The summed E-state index contributed by atoms with van der Waals surface area (Å²) in [6.45, 7) is 3.78. The fourth-order valence-corrected chi connectivity index (χ4v) is 1.74. The zero-order valence-corrected chi connectivity index (χ0v) is 8.39. The van der Waals surface area contributed by atoms with E-state index < -0.39 is 12.0 Å². The van der Waals surface area contributed by atoms with E-state index in [2.05, 4.69) is 0 Å². The van der Waals surface area contributed by atoms with Crippen LogP contribution in [0.3, 0.4) is 0 Å². The van der Waals surface area contributed by atoms with Gasteiger partial charge in [0.05, 0.1) is 6.10 Å². The second kappa shape index (κ2) is 4.72. The average molecular weight is 202 g/mol. The van der Waals surface area contributed by atoms with E-state index in [4.69, 9.17) is 10.8 Å². The molecule has 0 bridgehead atoms. The first-order valence-corrected chi connectivity index (χ1v) is 4.89. The lowest BCUT2D eigenvalue weighted by Crippen LogP contribution is -2.49. The van der Waals surface area contributed by atoms with Crippen molar-refractivity contribution in [2.24, 2.45) is 11.7 Å². The molecule has 5 nitrogen and oxygen atoms in total. The first kappa shape index (κ1) is 11.4. The van der Waals surface area contributed by atoms with Crippen molar-refractivity contribution in [3.63, 3.8) is 0 Å². The molecule has 0 amide bonds. The Kier molecular flexibility index (Phi) is 3.86. The van der Waals surface area contributed by atoms with Crippen LogP contribution in [0.5, 0.6) is 0 Å². The van der Waals surface area contributed by atoms with Crippen LogP contribution in [0.2, 0.25) is 0 Å². The Balaban J connectivity index is 2.36. The van der Waals surface area contributed by atoms with E-state index in [9.17, 15) is 9.90 Å². The van der Waals surface area contributed by atoms with Gasteiger partial charge in [0.15, 0.2) is 0 Å². The van der Waals surface area contributed by atoms with Crippen molar-refractivity contribution in [2.75, 3.05) is 19.6 Å². The molecular formula is C9H18N2O3. The van der Waals surface area contributed by atoms with E-state index in [0.717, 1.165) is 13.1 Å². The van der Waals surface area contributed by atoms with Crippen LogP contribution in [0.15, 0.2) is 0 Å². The predicted octanol–water partition coefficient (Wildman–Crippen LogP) is -0.899. The molecule has 0 aromatic carbocycles. The van der Waals surface area contributed by atoms with Gasteiger partial charge in [-0.1, -0.05) is 6.92 Å². The minimum Gasteiger partial charge on any atom is -0.480 e. The van der Waals surface area contributed by atoms with E-state index in [1.54, 1.807) is 0 Å². The summed E-state index contributed by atoms with van der Waals surface area (Å²) in [5.74, 6) is -0.770. The van der Waals surface area contributed by atoms with Crippen LogP contribution >= 0.6 is 0 Å². The number of likely N-dealkylation sites (tertiary alicyclic amines) is 1. The summed E-state index contributed by atoms with van der Waals surface area (Å²) in [7, 11) is 0. The summed E-state index contributed by atoms with van der Waals surface area (Å²) in [4.78, 5) is 12.5. The molecular weight excluding hydrogens is 184 g/mol. The van der Waals surface area contributed by atoms with Crippen LogP contribution in [-0.4, -0.2) is 52.9 Å². The van der Waals surface area contributed by atoms with Crippen molar-refractivity contribution < 1.29 is 15.0 Å². The number of aliphatic hydroxyl groups is 1. The topological polar surface area (TPSA) is 86.8 Å². The molecule has 1 rings (SSSR count). The molecule has 4 N–H and O–H groups in total. The van der Waals surface area contributed by atoms with Gasteiger partial charge < -0.3 is 20.8 Å². The summed E-state index contributed by atoms with van der Waals surface area (Å²) in [6.07, 6.45) is 0.445. The van der Waals surface area contributed by atoms with Crippen molar-refractivity contribution >= 4 is 5.97 Å². The Morgan fingerprint density at radius 3 is 2.86 bits per heavy atom. The molecule has 1 aliphatic rings. The van der Waals surface area contributed by atoms with Crippen molar-refractivity contribution in [3.8, 4) is 0 Å². The highest BCUT2D eigenvalue weighted by atomic mass is 16.4. The molecule has 82 valence electrons. The van der Waals surface area contributed by atoms with Crippen LogP contribution in [0.4, 0.5) is 0 Å². The van der Waals surface area contributed by atoms with Crippen molar-refractivity contribution in [2.45, 2.75) is 25.5 Å². The minimum absolute atomic E-state index is 0.199. The Bertz CT molecular complexity index is 210. The molecule has 0 saturated carbocycles. The third kappa shape index (κ3) is 2.94. The standard InChI is InChI=1S/C9H18N2O3/c1-6-4-11(3-2-8(6)12)5-7(10)9(13)14/h6-8,12H,2-5,10H2,1H3,(H,13,14). The summed E-state index contributed by atoms with van der Waals surface area (Å²) >= 11 is 0. The molecule has 0 aromatic heterocycles. The number of aliphatic hydroxyl groups excluding tert-OH is 1. The summed E-state index contributed by atoms with van der Waals surface area (Å²) in [6, 6.07) is -0.822. The molecule has 1 heterocycles. The smallest absolute Gasteiger partial charge is 0.321 e. The number of piperidine rings is 1. The Hall–Kier alpha value is -0.650. The predicted molar refractivity (Wildman–Crippen MR) is 51.8 cm³/mol. The molecule has 14 heavy (non-hydrogen) atoms.